The summed E-state index contributed by atoms with van der Waals surface area (Å²) in [6.45, 7) is 2.72. The van der Waals surface area contributed by atoms with Gasteiger partial charge in [-0.15, -0.1) is 0 Å². The maximum absolute atomic E-state index is 11.6. The molecular formula is C17H18O3. The maximum Gasteiger partial charge on any atom is 0.158 e. The molecule has 0 saturated heterocycles. The van der Waals surface area contributed by atoms with Gasteiger partial charge >= 0.3 is 0 Å². The Morgan fingerprint density at radius 3 is 2.25 bits per heavy atom. The van der Waals surface area contributed by atoms with Gasteiger partial charge in [0.2, 0.25) is 0 Å². The van der Waals surface area contributed by atoms with Gasteiger partial charge in [-0.2, -0.15) is 0 Å². The first kappa shape index (κ1) is 14.4. The molecule has 2 aromatic carbocycles. The normalized spacial score (nSPS) is 13.9. The van der Waals surface area contributed by atoms with E-state index in [0.717, 1.165) is 16.3 Å². The van der Waals surface area contributed by atoms with Crippen molar-refractivity contribution in [3.63, 3.8) is 0 Å². The third kappa shape index (κ3) is 3.11. The topological polar surface area (TPSA) is 54.4 Å². The Labute approximate surface area is 118 Å². The van der Waals surface area contributed by atoms with Crippen LogP contribution in [0.2, 0.25) is 0 Å². The molecule has 2 atom stereocenters. The molecule has 0 aliphatic rings. The number of carbonyl (C=O) groups excluding carboxylic acids is 2. The number of carbonyl (C=O) groups is 2. The molecule has 0 spiro atoms. The molecule has 0 radical (unpaired) electrons. The van der Waals surface area contributed by atoms with Crippen molar-refractivity contribution in [2.24, 2.45) is 5.92 Å². The number of rotatable bonds is 5. The molecule has 0 heterocycles. The van der Waals surface area contributed by atoms with Crippen molar-refractivity contribution >= 4 is 22.3 Å². The summed E-state index contributed by atoms with van der Waals surface area (Å²) < 4.78 is 0. The van der Waals surface area contributed by atoms with Crippen molar-refractivity contribution in [1.82, 2.24) is 0 Å². The summed E-state index contributed by atoms with van der Waals surface area (Å²) in [5, 5.41) is 12.1. The van der Waals surface area contributed by atoms with Gasteiger partial charge in [-0.25, -0.2) is 0 Å². The van der Waals surface area contributed by atoms with Crippen molar-refractivity contribution in [2.45, 2.75) is 26.4 Å². The van der Waals surface area contributed by atoms with Crippen LogP contribution in [-0.4, -0.2) is 22.8 Å². The van der Waals surface area contributed by atoms with Crippen LogP contribution in [-0.2, 0) is 16.0 Å². The summed E-state index contributed by atoms with van der Waals surface area (Å²) in [5.74, 6) is -1.21. The second kappa shape index (κ2) is 5.97. The van der Waals surface area contributed by atoms with Crippen LogP contribution in [0.25, 0.3) is 10.8 Å². The number of hydrogen-bond donors (Lipinski definition) is 1. The summed E-state index contributed by atoms with van der Waals surface area (Å²) in [4.78, 5) is 22.9. The van der Waals surface area contributed by atoms with Gasteiger partial charge in [-0.3, -0.25) is 9.59 Å². The number of Topliss-reactive ketones (excluding diaryl/α,β-unsaturated/α-hetero) is 2. The van der Waals surface area contributed by atoms with Crippen molar-refractivity contribution in [3.8, 4) is 0 Å². The average molecular weight is 270 g/mol. The number of hydrogen-bond acceptors (Lipinski definition) is 3. The van der Waals surface area contributed by atoms with Gasteiger partial charge in [0.15, 0.2) is 5.78 Å². The molecule has 0 aliphatic carbocycles. The molecule has 1 N–H and O–H groups in total. The van der Waals surface area contributed by atoms with E-state index in [4.69, 9.17) is 0 Å². The van der Waals surface area contributed by atoms with Crippen molar-refractivity contribution < 1.29 is 14.7 Å². The lowest BCUT2D eigenvalue weighted by atomic mass is 9.88. The van der Waals surface area contributed by atoms with Crippen LogP contribution in [0.1, 0.15) is 19.4 Å². The number of benzene rings is 2. The minimum Gasteiger partial charge on any atom is -0.385 e. The van der Waals surface area contributed by atoms with Crippen LogP contribution >= 0.6 is 0 Å². The number of ketones is 2. The first-order valence-corrected chi connectivity index (χ1v) is 6.65. The Kier molecular flexibility index (Phi) is 4.30. The second-order valence-electron chi connectivity index (χ2n) is 5.16. The minimum absolute atomic E-state index is 0.166. The highest BCUT2D eigenvalue weighted by Crippen LogP contribution is 2.20. The van der Waals surface area contributed by atoms with Gasteiger partial charge in [0.25, 0.3) is 0 Å². The first-order chi connectivity index (χ1) is 9.49. The number of aliphatic hydroxyl groups excluding tert-OH is 1. The van der Waals surface area contributed by atoms with Gasteiger partial charge in [-0.1, -0.05) is 42.5 Å². The quantitative estimate of drug-likeness (QED) is 0.908. The Balaban J connectivity index is 2.28. The van der Waals surface area contributed by atoms with Crippen LogP contribution in [0.5, 0.6) is 0 Å². The van der Waals surface area contributed by atoms with Gasteiger partial charge in [0.1, 0.15) is 11.9 Å². The lowest BCUT2D eigenvalue weighted by Gasteiger charge is -2.18. The van der Waals surface area contributed by atoms with E-state index in [1.165, 1.54) is 13.8 Å². The standard InChI is InChI=1S/C17H18O3/c1-11(18)16(17(20)12(2)19)10-13-7-8-14-5-3-4-6-15(14)9-13/h3-9,16-17,20H,10H2,1-2H3. The number of fused-ring (bicyclic) bond motifs is 1. The zero-order valence-electron chi connectivity index (χ0n) is 11.7. The summed E-state index contributed by atoms with van der Waals surface area (Å²) in [6.07, 6.45) is -0.847. The fourth-order valence-electron chi connectivity index (χ4n) is 2.38. The second-order valence-corrected chi connectivity index (χ2v) is 5.16. The van der Waals surface area contributed by atoms with E-state index in [2.05, 4.69) is 0 Å². The smallest absolute Gasteiger partial charge is 0.158 e. The largest absolute Gasteiger partial charge is 0.385 e. The molecule has 0 aliphatic heterocycles. The highest BCUT2D eigenvalue weighted by molar-refractivity contribution is 5.89. The van der Waals surface area contributed by atoms with E-state index < -0.39 is 12.0 Å². The molecule has 0 amide bonds. The highest BCUT2D eigenvalue weighted by atomic mass is 16.3. The van der Waals surface area contributed by atoms with Crippen LogP contribution in [0.15, 0.2) is 42.5 Å². The monoisotopic (exact) mass is 270 g/mol. The van der Waals surface area contributed by atoms with E-state index in [9.17, 15) is 14.7 Å². The van der Waals surface area contributed by atoms with Crippen LogP contribution in [0.4, 0.5) is 0 Å². The summed E-state index contributed by atoms with van der Waals surface area (Å²) in [5.41, 5.74) is 0.948. The minimum atomic E-state index is -1.22. The molecular weight excluding hydrogens is 252 g/mol. The van der Waals surface area contributed by atoms with Crippen LogP contribution in [0.3, 0.4) is 0 Å². The van der Waals surface area contributed by atoms with Crippen molar-refractivity contribution in [3.05, 3.63) is 48.0 Å². The molecule has 20 heavy (non-hydrogen) atoms. The van der Waals surface area contributed by atoms with E-state index in [1.54, 1.807) is 0 Å². The van der Waals surface area contributed by atoms with Crippen molar-refractivity contribution in [2.75, 3.05) is 0 Å². The molecule has 0 saturated carbocycles. The van der Waals surface area contributed by atoms with E-state index in [-0.39, 0.29) is 11.6 Å². The molecule has 0 bridgehead atoms. The van der Waals surface area contributed by atoms with Crippen LogP contribution in [0, 0.1) is 5.92 Å². The van der Waals surface area contributed by atoms with Crippen LogP contribution < -0.4 is 0 Å². The average Bonchev–Trinajstić information content (AvgIpc) is 2.43. The Hall–Kier alpha value is -2.00. The Morgan fingerprint density at radius 1 is 1.00 bits per heavy atom. The molecule has 0 aromatic heterocycles. The number of aliphatic hydroxyl groups is 1. The molecule has 2 unspecified atom stereocenters. The first-order valence-electron chi connectivity index (χ1n) is 6.65. The summed E-state index contributed by atoms with van der Waals surface area (Å²) >= 11 is 0. The van der Waals surface area contributed by atoms with Gasteiger partial charge < -0.3 is 5.11 Å². The molecule has 0 fully saturated rings. The Morgan fingerprint density at radius 2 is 1.65 bits per heavy atom. The third-order valence-electron chi connectivity index (χ3n) is 3.59. The van der Waals surface area contributed by atoms with E-state index in [0.29, 0.717) is 6.42 Å². The molecule has 2 aromatic rings. The summed E-state index contributed by atoms with van der Waals surface area (Å²) in [7, 11) is 0. The lowest BCUT2D eigenvalue weighted by molar-refractivity contribution is -0.135. The molecule has 3 nitrogen and oxygen atoms in total. The van der Waals surface area contributed by atoms with Gasteiger partial charge in [0.05, 0.1) is 5.92 Å². The fraction of sp³-hybridized carbons (Fsp3) is 0.294. The summed E-state index contributed by atoms with van der Waals surface area (Å²) in [6, 6.07) is 13.9. The lowest BCUT2D eigenvalue weighted by Crippen LogP contribution is -2.34. The predicted octanol–water partition coefficient (Wildman–Crippen LogP) is 2.54. The SMILES string of the molecule is CC(=O)C(O)C(Cc1ccc2ccccc2c1)C(C)=O. The Bertz CT molecular complexity index is 645. The maximum atomic E-state index is 11.6. The third-order valence-corrected chi connectivity index (χ3v) is 3.59. The molecule has 104 valence electrons. The molecule has 2 rings (SSSR count). The van der Waals surface area contributed by atoms with Gasteiger partial charge in [-0.05, 0) is 36.6 Å². The molecule has 3 heteroatoms. The van der Waals surface area contributed by atoms with Crippen molar-refractivity contribution in [1.29, 1.82) is 0 Å². The zero-order valence-corrected chi connectivity index (χ0v) is 11.7. The predicted molar refractivity (Wildman–Crippen MR) is 78.5 cm³/mol. The van der Waals surface area contributed by atoms with E-state index in [1.807, 2.05) is 42.5 Å². The van der Waals surface area contributed by atoms with Gasteiger partial charge in [0, 0.05) is 0 Å². The zero-order chi connectivity index (χ0) is 14.7. The van der Waals surface area contributed by atoms with E-state index >= 15 is 0 Å². The highest BCUT2D eigenvalue weighted by Gasteiger charge is 2.27. The fourth-order valence-corrected chi connectivity index (χ4v) is 2.38.